The third-order valence-electron chi connectivity index (χ3n) is 4.69. The average molecular weight is 368 g/mol. The minimum atomic E-state index is -1.78. The van der Waals surface area contributed by atoms with Gasteiger partial charge in [0.05, 0.1) is 37.1 Å². The molecule has 0 amide bonds. The molecule has 0 aromatic rings. The van der Waals surface area contributed by atoms with Gasteiger partial charge in [-0.05, 0) is 26.2 Å². The highest BCUT2D eigenvalue weighted by Crippen LogP contribution is 2.35. The Labute approximate surface area is 147 Å². The number of aliphatic hydroxyl groups is 7. The van der Waals surface area contributed by atoms with Crippen molar-refractivity contribution in [2.24, 2.45) is 11.8 Å². The Morgan fingerprint density at radius 2 is 1.76 bits per heavy atom. The second-order valence-corrected chi connectivity index (χ2v) is 7.33. The largest absolute Gasteiger partial charge is 0.396 e. The lowest BCUT2D eigenvalue weighted by Gasteiger charge is -2.46. The van der Waals surface area contributed by atoms with E-state index in [0.717, 1.165) is 0 Å². The summed E-state index contributed by atoms with van der Waals surface area (Å²) in [5.74, 6) is -1.15. The van der Waals surface area contributed by atoms with Crippen molar-refractivity contribution in [1.29, 1.82) is 0 Å². The molecule has 1 rings (SSSR count). The van der Waals surface area contributed by atoms with Crippen LogP contribution < -0.4 is 0 Å². The van der Waals surface area contributed by atoms with Crippen LogP contribution in [0.2, 0.25) is 0 Å². The number of aliphatic hydroxyl groups excluding tert-OH is 7. The summed E-state index contributed by atoms with van der Waals surface area (Å²) >= 11 is 0. The fraction of sp³-hybridized carbons (Fsp3) is 1.00. The van der Waals surface area contributed by atoms with E-state index in [9.17, 15) is 30.6 Å². The van der Waals surface area contributed by atoms with Crippen molar-refractivity contribution in [3.05, 3.63) is 0 Å². The molecule has 9 heteroatoms. The molecule has 0 aromatic carbocycles. The Bertz CT molecular complexity index is 390. The molecule has 1 saturated heterocycles. The van der Waals surface area contributed by atoms with Crippen molar-refractivity contribution in [2.45, 2.75) is 69.6 Å². The highest BCUT2D eigenvalue weighted by atomic mass is 16.6. The first-order valence-electron chi connectivity index (χ1n) is 8.46. The monoisotopic (exact) mass is 368 g/mol. The van der Waals surface area contributed by atoms with Crippen molar-refractivity contribution < 1.29 is 45.2 Å². The van der Waals surface area contributed by atoms with Gasteiger partial charge in [0.2, 0.25) is 0 Å². The molecule has 0 spiro atoms. The first-order chi connectivity index (χ1) is 11.5. The van der Waals surface area contributed by atoms with Crippen LogP contribution in [0.5, 0.6) is 0 Å². The third kappa shape index (κ3) is 5.81. The van der Waals surface area contributed by atoms with Crippen LogP contribution in [0.1, 0.15) is 27.2 Å². The van der Waals surface area contributed by atoms with Crippen molar-refractivity contribution in [3.63, 3.8) is 0 Å². The van der Waals surface area contributed by atoms with Crippen molar-refractivity contribution in [3.8, 4) is 0 Å². The average Bonchev–Trinajstić information content (AvgIpc) is 2.55. The van der Waals surface area contributed by atoms with Crippen LogP contribution in [-0.2, 0) is 9.47 Å². The van der Waals surface area contributed by atoms with Crippen molar-refractivity contribution in [1.82, 2.24) is 0 Å². The van der Waals surface area contributed by atoms with Gasteiger partial charge >= 0.3 is 0 Å². The van der Waals surface area contributed by atoms with Gasteiger partial charge in [-0.15, -0.1) is 0 Å². The van der Waals surface area contributed by atoms with Gasteiger partial charge in [0.15, 0.2) is 6.29 Å². The minimum Gasteiger partial charge on any atom is -0.396 e. The van der Waals surface area contributed by atoms with E-state index < -0.39 is 54.9 Å². The van der Waals surface area contributed by atoms with E-state index in [1.54, 1.807) is 6.92 Å². The van der Waals surface area contributed by atoms with Gasteiger partial charge in [0.1, 0.15) is 12.2 Å². The molecule has 1 fully saturated rings. The highest BCUT2D eigenvalue weighted by Gasteiger charge is 2.49. The maximum atomic E-state index is 10.2. The van der Waals surface area contributed by atoms with Crippen LogP contribution in [0.3, 0.4) is 0 Å². The molecule has 8 unspecified atom stereocenters. The summed E-state index contributed by atoms with van der Waals surface area (Å²) in [7, 11) is 0. The molecule has 1 aliphatic heterocycles. The molecule has 7 N–H and O–H groups in total. The molecule has 0 radical (unpaired) electrons. The summed E-state index contributed by atoms with van der Waals surface area (Å²) in [6.45, 7) is 3.98. The molecular weight excluding hydrogens is 336 g/mol. The molecule has 8 atom stereocenters. The standard InChI is InChI=1S/C16H32O9/c1-8(5-17)4-9(19)14(22)15(23)25-16(2,3)12-11(6-18)24-7-10(20)13(12)21/h8-15,17-23H,4-7H2,1-3H3. The number of hydrogen-bond donors (Lipinski definition) is 7. The van der Waals surface area contributed by atoms with Crippen molar-refractivity contribution in [2.75, 3.05) is 19.8 Å². The Morgan fingerprint density at radius 3 is 2.28 bits per heavy atom. The van der Waals surface area contributed by atoms with Gasteiger partial charge in [-0.2, -0.15) is 0 Å². The van der Waals surface area contributed by atoms with Crippen molar-refractivity contribution >= 4 is 0 Å². The van der Waals surface area contributed by atoms with E-state index in [-0.39, 0.29) is 25.6 Å². The molecular formula is C16H32O9. The van der Waals surface area contributed by atoms with Crippen LogP contribution in [0, 0.1) is 11.8 Å². The lowest BCUT2D eigenvalue weighted by molar-refractivity contribution is -0.282. The predicted octanol–water partition coefficient (Wildman–Crippen LogP) is -2.43. The Kier molecular flexibility index (Phi) is 8.65. The first-order valence-corrected chi connectivity index (χ1v) is 8.46. The molecule has 0 bridgehead atoms. The van der Waals surface area contributed by atoms with E-state index in [4.69, 9.17) is 14.6 Å². The zero-order chi connectivity index (χ0) is 19.4. The summed E-state index contributed by atoms with van der Waals surface area (Å²) in [4.78, 5) is 0. The molecule has 25 heavy (non-hydrogen) atoms. The highest BCUT2D eigenvalue weighted by molar-refractivity contribution is 4.96. The molecule has 0 aromatic heterocycles. The normalized spacial score (nSPS) is 32.9. The van der Waals surface area contributed by atoms with Crippen LogP contribution in [-0.4, -0.2) is 98.0 Å². The van der Waals surface area contributed by atoms with E-state index in [1.165, 1.54) is 13.8 Å². The topological polar surface area (TPSA) is 160 Å². The second-order valence-electron chi connectivity index (χ2n) is 7.33. The van der Waals surface area contributed by atoms with E-state index in [1.807, 2.05) is 0 Å². The van der Waals surface area contributed by atoms with Gasteiger partial charge in [-0.1, -0.05) is 6.92 Å². The number of hydrogen-bond acceptors (Lipinski definition) is 9. The zero-order valence-corrected chi connectivity index (χ0v) is 14.9. The van der Waals surface area contributed by atoms with Gasteiger partial charge in [-0.3, -0.25) is 0 Å². The Hall–Kier alpha value is -0.360. The van der Waals surface area contributed by atoms with E-state index in [0.29, 0.717) is 0 Å². The van der Waals surface area contributed by atoms with Crippen LogP contribution in [0.4, 0.5) is 0 Å². The number of rotatable bonds is 9. The van der Waals surface area contributed by atoms with Gasteiger partial charge in [0, 0.05) is 12.5 Å². The minimum absolute atomic E-state index is 0.0612. The molecule has 1 heterocycles. The maximum absolute atomic E-state index is 10.2. The predicted molar refractivity (Wildman–Crippen MR) is 86.4 cm³/mol. The maximum Gasteiger partial charge on any atom is 0.184 e. The Morgan fingerprint density at radius 1 is 1.16 bits per heavy atom. The van der Waals surface area contributed by atoms with E-state index in [2.05, 4.69) is 0 Å². The zero-order valence-electron chi connectivity index (χ0n) is 14.9. The first kappa shape index (κ1) is 22.7. The molecule has 150 valence electrons. The van der Waals surface area contributed by atoms with Gasteiger partial charge in [-0.25, -0.2) is 0 Å². The molecule has 0 aliphatic carbocycles. The molecule has 0 saturated carbocycles. The Balaban J connectivity index is 2.79. The summed E-state index contributed by atoms with van der Waals surface area (Å²) in [6.07, 6.45) is -7.92. The summed E-state index contributed by atoms with van der Waals surface area (Å²) < 4.78 is 10.8. The SMILES string of the molecule is CC(CO)CC(O)C(O)C(O)OC(C)(C)C1C(CO)OCC(O)C1O. The quantitative estimate of drug-likeness (QED) is 0.220. The summed E-state index contributed by atoms with van der Waals surface area (Å²) in [5.41, 5.74) is -1.29. The fourth-order valence-electron chi connectivity index (χ4n) is 3.18. The number of ether oxygens (including phenoxy) is 2. The molecule has 9 nitrogen and oxygen atoms in total. The molecule has 1 aliphatic rings. The van der Waals surface area contributed by atoms with Gasteiger partial charge in [0.25, 0.3) is 0 Å². The summed E-state index contributed by atoms with van der Waals surface area (Å²) in [6, 6.07) is 0. The van der Waals surface area contributed by atoms with Crippen LogP contribution in [0.25, 0.3) is 0 Å². The third-order valence-corrected chi connectivity index (χ3v) is 4.69. The second kappa shape index (κ2) is 9.54. The van der Waals surface area contributed by atoms with Crippen LogP contribution in [0.15, 0.2) is 0 Å². The fourth-order valence-corrected chi connectivity index (χ4v) is 3.18. The van der Waals surface area contributed by atoms with E-state index >= 15 is 0 Å². The lowest BCUT2D eigenvalue weighted by Crippen LogP contribution is -2.60. The summed E-state index contributed by atoms with van der Waals surface area (Å²) in [5, 5.41) is 68.5. The van der Waals surface area contributed by atoms with Gasteiger partial charge < -0.3 is 45.2 Å². The van der Waals surface area contributed by atoms with Crippen LogP contribution >= 0.6 is 0 Å². The lowest BCUT2D eigenvalue weighted by atomic mass is 9.78. The smallest absolute Gasteiger partial charge is 0.184 e.